The normalized spacial score (nSPS) is 11.4. The van der Waals surface area contributed by atoms with E-state index in [1.807, 2.05) is 6.92 Å². The first kappa shape index (κ1) is 11.0. The molecule has 0 bridgehead atoms. The van der Waals surface area contributed by atoms with Gasteiger partial charge in [-0.2, -0.15) is 0 Å². The number of hydrogen-bond acceptors (Lipinski definition) is 3. The molecule has 0 aromatic carbocycles. The van der Waals surface area contributed by atoms with Crippen LogP contribution in [0.25, 0.3) is 0 Å². The number of ether oxygens (including phenoxy) is 1. The Morgan fingerprint density at radius 1 is 1.57 bits per heavy atom. The number of aryl methyl sites for hydroxylation is 1. The fourth-order valence-corrected chi connectivity index (χ4v) is 0.954. The maximum absolute atomic E-state index is 9.44. The third-order valence-corrected chi connectivity index (χ3v) is 1.76. The average molecular weight is 194 g/mol. The maximum Gasteiger partial charge on any atom is 0.213 e. The Morgan fingerprint density at radius 2 is 2.29 bits per heavy atom. The topological polar surface area (TPSA) is 42.4 Å². The number of aromatic nitrogens is 1. The van der Waals surface area contributed by atoms with Gasteiger partial charge in [0.25, 0.3) is 0 Å². The van der Waals surface area contributed by atoms with Crippen molar-refractivity contribution in [3.8, 4) is 5.88 Å². The van der Waals surface area contributed by atoms with Crippen molar-refractivity contribution in [2.45, 2.75) is 32.8 Å². The molecule has 3 heteroatoms. The molecular weight excluding hydrogens is 178 g/mol. The van der Waals surface area contributed by atoms with Gasteiger partial charge in [-0.3, -0.25) is 0 Å². The molecular formula is C11H16NO2. The minimum absolute atomic E-state index is 0.472. The van der Waals surface area contributed by atoms with Gasteiger partial charge in [0.2, 0.25) is 5.88 Å². The second-order valence-corrected chi connectivity index (χ2v) is 3.92. The van der Waals surface area contributed by atoms with E-state index in [9.17, 15) is 5.11 Å². The van der Waals surface area contributed by atoms with Crippen LogP contribution in [0.2, 0.25) is 0 Å². The van der Waals surface area contributed by atoms with Crippen LogP contribution in [0.4, 0.5) is 0 Å². The van der Waals surface area contributed by atoms with Crippen LogP contribution in [0.3, 0.4) is 0 Å². The fraction of sp³-hybridized carbons (Fsp3) is 0.545. The van der Waals surface area contributed by atoms with Crippen LogP contribution < -0.4 is 4.74 Å². The molecule has 0 spiro atoms. The van der Waals surface area contributed by atoms with Crippen molar-refractivity contribution in [2.24, 2.45) is 0 Å². The van der Waals surface area contributed by atoms with Gasteiger partial charge in [0.1, 0.15) is 0 Å². The SMILES string of the molecule is Cc1[c]ccc(OCCC(C)(C)O)n1. The van der Waals surface area contributed by atoms with Crippen LogP contribution >= 0.6 is 0 Å². The molecule has 1 aromatic heterocycles. The smallest absolute Gasteiger partial charge is 0.213 e. The highest BCUT2D eigenvalue weighted by atomic mass is 16.5. The Kier molecular flexibility index (Phi) is 3.47. The molecule has 0 aliphatic heterocycles. The van der Waals surface area contributed by atoms with Gasteiger partial charge in [-0.15, -0.1) is 0 Å². The first-order chi connectivity index (χ1) is 6.47. The van der Waals surface area contributed by atoms with Crippen molar-refractivity contribution in [3.63, 3.8) is 0 Å². The lowest BCUT2D eigenvalue weighted by Crippen LogP contribution is -2.21. The molecule has 0 aliphatic carbocycles. The standard InChI is InChI=1S/C11H16NO2/c1-9-5-4-6-10(12-9)14-8-7-11(2,3)13/h4,6,13H,7-8H2,1-3H3. The molecule has 1 rings (SSSR count). The van der Waals surface area contributed by atoms with E-state index in [4.69, 9.17) is 4.74 Å². The summed E-state index contributed by atoms with van der Waals surface area (Å²) in [6.45, 7) is 5.85. The summed E-state index contributed by atoms with van der Waals surface area (Å²) in [5.41, 5.74) is 0.126. The van der Waals surface area contributed by atoms with E-state index in [0.717, 1.165) is 5.69 Å². The fourth-order valence-electron chi connectivity index (χ4n) is 0.954. The van der Waals surface area contributed by atoms with Crippen molar-refractivity contribution in [3.05, 3.63) is 23.9 Å². The highest BCUT2D eigenvalue weighted by Gasteiger charge is 2.12. The number of aliphatic hydroxyl groups is 1. The van der Waals surface area contributed by atoms with Crippen LogP contribution in [0, 0.1) is 13.0 Å². The second-order valence-electron chi connectivity index (χ2n) is 3.92. The van der Waals surface area contributed by atoms with E-state index in [1.165, 1.54) is 0 Å². The van der Waals surface area contributed by atoms with Gasteiger partial charge in [0.05, 0.1) is 12.2 Å². The minimum Gasteiger partial charge on any atom is -0.478 e. The Bertz CT molecular complexity index is 292. The summed E-state index contributed by atoms with van der Waals surface area (Å²) < 4.78 is 5.37. The molecule has 1 radical (unpaired) electrons. The lowest BCUT2D eigenvalue weighted by atomic mass is 10.1. The quantitative estimate of drug-likeness (QED) is 0.793. The Hall–Kier alpha value is -1.09. The van der Waals surface area contributed by atoms with E-state index in [1.54, 1.807) is 26.0 Å². The van der Waals surface area contributed by atoms with E-state index < -0.39 is 5.60 Å². The zero-order valence-electron chi connectivity index (χ0n) is 8.87. The van der Waals surface area contributed by atoms with E-state index in [0.29, 0.717) is 18.9 Å². The predicted octanol–water partition coefficient (Wildman–Crippen LogP) is 1.73. The van der Waals surface area contributed by atoms with Gasteiger partial charge >= 0.3 is 0 Å². The molecule has 3 nitrogen and oxygen atoms in total. The van der Waals surface area contributed by atoms with Gasteiger partial charge in [-0.1, -0.05) is 0 Å². The molecule has 0 fully saturated rings. The van der Waals surface area contributed by atoms with Crippen molar-refractivity contribution >= 4 is 0 Å². The predicted molar refractivity (Wildman–Crippen MR) is 54.2 cm³/mol. The molecule has 0 saturated heterocycles. The number of pyridine rings is 1. The van der Waals surface area contributed by atoms with Crippen molar-refractivity contribution in [1.29, 1.82) is 0 Å². The Balaban J connectivity index is 2.39. The first-order valence-corrected chi connectivity index (χ1v) is 4.68. The summed E-state index contributed by atoms with van der Waals surface area (Å²) in [6, 6.07) is 6.48. The zero-order valence-corrected chi connectivity index (χ0v) is 8.87. The summed E-state index contributed by atoms with van der Waals surface area (Å²) in [6.07, 6.45) is 0.590. The number of hydrogen-bond donors (Lipinski definition) is 1. The molecule has 14 heavy (non-hydrogen) atoms. The average Bonchev–Trinajstić information content (AvgIpc) is 2.01. The number of rotatable bonds is 4. The molecule has 0 aliphatic rings. The Labute approximate surface area is 84.7 Å². The molecule has 0 amide bonds. The van der Waals surface area contributed by atoms with E-state index in [2.05, 4.69) is 11.1 Å². The van der Waals surface area contributed by atoms with Crippen LogP contribution in [0.1, 0.15) is 26.0 Å². The highest BCUT2D eigenvalue weighted by Crippen LogP contribution is 2.10. The zero-order chi connectivity index (χ0) is 10.6. The minimum atomic E-state index is -0.685. The molecule has 1 heterocycles. The van der Waals surface area contributed by atoms with Gasteiger partial charge in [-0.25, -0.2) is 4.98 Å². The summed E-state index contributed by atoms with van der Waals surface area (Å²) in [4.78, 5) is 4.13. The third-order valence-electron chi connectivity index (χ3n) is 1.76. The summed E-state index contributed by atoms with van der Waals surface area (Å²) in [5.74, 6) is 0.588. The van der Waals surface area contributed by atoms with Gasteiger partial charge in [0.15, 0.2) is 0 Å². The van der Waals surface area contributed by atoms with E-state index >= 15 is 0 Å². The Morgan fingerprint density at radius 3 is 2.86 bits per heavy atom. The second kappa shape index (κ2) is 4.42. The van der Waals surface area contributed by atoms with Crippen LogP contribution in [0.15, 0.2) is 12.1 Å². The molecule has 77 valence electrons. The van der Waals surface area contributed by atoms with Crippen LogP contribution in [-0.4, -0.2) is 22.3 Å². The molecule has 0 atom stereocenters. The largest absolute Gasteiger partial charge is 0.478 e. The lowest BCUT2D eigenvalue weighted by Gasteiger charge is -2.16. The maximum atomic E-state index is 9.44. The lowest BCUT2D eigenvalue weighted by molar-refractivity contribution is 0.0547. The van der Waals surface area contributed by atoms with Crippen molar-refractivity contribution < 1.29 is 9.84 Å². The molecule has 0 saturated carbocycles. The van der Waals surface area contributed by atoms with Gasteiger partial charge in [-0.05, 0) is 26.8 Å². The van der Waals surface area contributed by atoms with Crippen molar-refractivity contribution in [2.75, 3.05) is 6.61 Å². The first-order valence-electron chi connectivity index (χ1n) is 4.68. The summed E-state index contributed by atoms with van der Waals surface area (Å²) in [7, 11) is 0. The molecule has 0 unspecified atom stereocenters. The third kappa shape index (κ3) is 4.23. The summed E-state index contributed by atoms with van der Waals surface area (Å²) >= 11 is 0. The van der Waals surface area contributed by atoms with Crippen molar-refractivity contribution in [1.82, 2.24) is 4.98 Å². The van der Waals surface area contributed by atoms with E-state index in [-0.39, 0.29) is 0 Å². The van der Waals surface area contributed by atoms with Gasteiger partial charge in [0, 0.05) is 24.2 Å². The monoisotopic (exact) mass is 194 g/mol. The molecule has 1 N–H and O–H groups in total. The van der Waals surface area contributed by atoms with Crippen LogP contribution in [-0.2, 0) is 0 Å². The highest BCUT2D eigenvalue weighted by molar-refractivity contribution is 5.13. The van der Waals surface area contributed by atoms with Gasteiger partial charge < -0.3 is 9.84 Å². The summed E-state index contributed by atoms with van der Waals surface area (Å²) in [5, 5.41) is 9.44. The van der Waals surface area contributed by atoms with Crippen LogP contribution in [0.5, 0.6) is 5.88 Å². The molecule has 1 aromatic rings. The number of nitrogens with zero attached hydrogens (tertiary/aromatic N) is 1.